The molecule has 4 amide bonds. The molecule has 1 aliphatic rings. The molecule has 1 atom stereocenters. The number of imide groups is 1. The maximum atomic E-state index is 13.1. The third kappa shape index (κ3) is 3.49. The van der Waals surface area contributed by atoms with E-state index in [1.807, 2.05) is 0 Å². The van der Waals surface area contributed by atoms with E-state index in [0.717, 1.165) is 4.90 Å². The molecule has 0 aromatic heterocycles. The molecule has 2 N–H and O–H groups in total. The van der Waals surface area contributed by atoms with Gasteiger partial charge in [0.1, 0.15) is 12.4 Å². The predicted molar refractivity (Wildman–Crippen MR) is 73.1 cm³/mol. The molecule has 1 aromatic carbocycles. The van der Waals surface area contributed by atoms with E-state index in [2.05, 4.69) is 10.6 Å². The molecule has 0 spiro atoms. The summed E-state index contributed by atoms with van der Waals surface area (Å²) in [4.78, 5) is 35.3. The molecular formula is C13H13ClFN3O3. The topological polar surface area (TPSA) is 78.5 Å². The molecule has 1 aromatic rings. The van der Waals surface area contributed by atoms with E-state index in [-0.39, 0.29) is 18.1 Å². The lowest BCUT2D eigenvalue weighted by molar-refractivity contribution is -0.130. The summed E-state index contributed by atoms with van der Waals surface area (Å²) in [6, 6.07) is 3.09. The summed E-state index contributed by atoms with van der Waals surface area (Å²) in [5, 5.41) is 4.90. The molecule has 21 heavy (non-hydrogen) atoms. The summed E-state index contributed by atoms with van der Waals surface area (Å²) in [5.41, 5.74) is 0.618. The number of hydrogen-bond donors (Lipinski definition) is 2. The van der Waals surface area contributed by atoms with E-state index in [9.17, 15) is 18.8 Å². The van der Waals surface area contributed by atoms with Crippen molar-refractivity contribution in [1.29, 1.82) is 0 Å². The van der Waals surface area contributed by atoms with Gasteiger partial charge in [-0.3, -0.25) is 14.5 Å². The van der Waals surface area contributed by atoms with Crippen LogP contribution in [0, 0.1) is 5.82 Å². The van der Waals surface area contributed by atoms with Crippen molar-refractivity contribution >= 4 is 29.4 Å². The van der Waals surface area contributed by atoms with Crippen LogP contribution < -0.4 is 10.6 Å². The Kier molecular flexibility index (Phi) is 4.42. The predicted octanol–water partition coefficient (Wildman–Crippen LogP) is 1.21. The van der Waals surface area contributed by atoms with Gasteiger partial charge >= 0.3 is 6.03 Å². The zero-order chi connectivity index (χ0) is 15.6. The summed E-state index contributed by atoms with van der Waals surface area (Å²) in [6.07, 6.45) is 0. The summed E-state index contributed by atoms with van der Waals surface area (Å²) >= 11 is 5.68. The van der Waals surface area contributed by atoms with Crippen LogP contribution in [0.25, 0.3) is 0 Å². The number of amides is 4. The molecular weight excluding hydrogens is 301 g/mol. The molecule has 1 saturated heterocycles. The number of halogens is 2. The Labute approximate surface area is 125 Å². The minimum absolute atomic E-state index is 0.0392. The summed E-state index contributed by atoms with van der Waals surface area (Å²) in [7, 11) is 0. The second-order valence-electron chi connectivity index (χ2n) is 4.60. The number of carbonyl (C=O) groups is 3. The standard InChI is InChI=1S/C13H13ClFN3O3/c1-7(8-2-3-10(15)9(14)4-8)17-11(19)6-18-12(20)5-16-13(18)21/h2-4,7H,5-6H2,1H3,(H,16,21)(H,17,19). The van der Waals surface area contributed by atoms with Crippen molar-refractivity contribution in [3.05, 3.63) is 34.6 Å². The van der Waals surface area contributed by atoms with Crippen LogP contribution in [0.2, 0.25) is 5.02 Å². The average Bonchev–Trinajstić information content (AvgIpc) is 2.73. The van der Waals surface area contributed by atoms with Crippen LogP contribution in [0.5, 0.6) is 0 Å². The summed E-state index contributed by atoms with van der Waals surface area (Å²) in [6.45, 7) is 1.23. The lowest BCUT2D eigenvalue weighted by Gasteiger charge is -2.17. The highest BCUT2D eigenvalue weighted by Crippen LogP contribution is 2.20. The Morgan fingerprint density at radius 1 is 1.52 bits per heavy atom. The Hall–Kier alpha value is -2.15. The normalized spacial score (nSPS) is 15.9. The smallest absolute Gasteiger partial charge is 0.325 e. The van der Waals surface area contributed by atoms with Crippen molar-refractivity contribution in [2.24, 2.45) is 0 Å². The lowest BCUT2D eigenvalue weighted by atomic mass is 10.1. The average molecular weight is 314 g/mol. The van der Waals surface area contributed by atoms with E-state index >= 15 is 0 Å². The van der Waals surface area contributed by atoms with Gasteiger partial charge in [0.2, 0.25) is 5.91 Å². The Morgan fingerprint density at radius 2 is 2.24 bits per heavy atom. The van der Waals surface area contributed by atoms with Crippen LogP contribution in [-0.2, 0) is 9.59 Å². The van der Waals surface area contributed by atoms with Gasteiger partial charge in [-0.25, -0.2) is 9.18 Å². The molecule has 0 aliphatic carbocycles. The van der Waals surface area contributed by atoms with Gasteiger partial charge in [0.05, 0.1) is 17.6 Å². The number of nitrogens with zero attached hydrogens (tertiary/aromatic N) is 1. The molecule has 8 heteroatoms. The first kappa shape index (κ1) is 15.2. The maximum Gasteiger partial charge on any atom is 0.325 e. The fourth-order valence-corrected chi connectivity index (χ4v) is 2.10. The van der Waals surface area contributed by atoms with Crippen molar-refractivity contribution in [3.63, 3.8) is 0 Å². The van der Waals surface area contributed by atoms with E-state index < -0.39 is 29.7 Å². The van der Waals surface area contributed by atoms with Gasteiger partial charge in [-0.1, -0.05) is 17.7 Å². The van der Waals surface area contributed by atoms with Gasteiger partial charge in [0.25, 0.3) is 5.91 Å². The summed E-state index contributed by atoms with van der Waals surface area (Å²) < 4.78 is 13.1. The highest BCUT2D eigenvalue weighted by Gasteiger charge is 2.30. The largest absolute Gasteiger partial charge is 0.348 e. The fraction of sp³-hybridized carbons (Fsp3) is 0.308. The first-order valence-corrected chi connectivity index (χ1v) is 6.59. The fourth-order valence-electron chi connectivity index (χ4n) is 1.91. The first-order valence-electron chi connectivity index (χ1n) is 6.21. The highest BCUT2D eigenvalue weighted by molar-refractivity contribution is 6.30. The van der Waals surface area contributed by atoms with Crippen LogP contribution in [-0.4, -0.2) is 35.8 Å². The van der Waals surface area contributed by atoms with Crippen LogP contribution >= 0.6 is 11.6 Å². The third-order valence-corrected chi connectivity index (χ3v) is 3.35. The van der Waals surface area contributed by atoms with Crippen LogP contribution in [0.4, 0.5) is 9.18 Å². The monoisotopic (exact) mass is 313 g/mol. The Bertz CT molecular complexity index is 592. The second kappa shape index (κ2) is 6.09. The van der Waals surface area contributed by atoms with Crippen molar-refractivity contribution in [2.75, 3.05) is 13.1 Å². The number of nitrogens with one attached hydrogen (secondary N) is 2. The first-order chi connectivity index (χ1) is 9.88. The van der Waals surface area contributed by atoms with Crippen molar-refractivity contribution < 1.29 is 18.8 Å². The number of benzene rings is 1. The van der Waals surface area contributed by atoms with Crippen molar-refractivity contribution in [2.45, 2.75) is 13.0 Å². The SMILES string of the molecule is CC(NC(=O)CN1C(=O)CNC1=O)c1ccc(F)c(Cl)c1. The Morgan fingerprint density at radius 3 is 2.81 bits per heavy atom. The maximum absolute atomic E-state index is 13.1. The number of carbonyl (C=O) groups excluding carboxylic acids is 3. The highest BCUT2D eigenvalue weighted by atomic mass is 35.5. The molecule has 6 nitrogen and oxygen atoms in total. The molecule has 1 heterocycles. The van der Waals surface area contributed by atoms with Crippen LogP contribution in [0.1, 0.15) is 18.5 Å². The number of urea groups is 1. The van der Waals surface area contributed by atoms with Gasteiger partial charge in [0.15, 0.2) is 0 Å². The number of rotatable bonds is 4. The Balaban J connectivity index is 1.97. The summed E-state index contributed by atoms with van der Waals surface area (Å²) in [5.74, 6) is -1.49. The second-order valence-corrected chi connectivity index (χ2v) is 5.01. The van der Waals surface area contributed by atoms with Crippen molar-refractivity contribution in [3.8, 4) is 0 Å². The van der Waals surface area contributed by atoms with E-state index in [1.54, 1.807) is 6.92 Å². The molecule has 0 radical (unpaired) electrons. The molecule has 1 fully saturated rings. The van der Waals surface area contributed by atoms with Crippen LogP contribution in [0.3, 0.4) is 0 Å². The van der Waals surface area contributed by atoms with Gasteiger partial charge in [-0.05, 0) is 24.6 Å². The van der Waals surface area contributed by atoms with Gasteiger partial charge in [0, 0.05) is 0 Å². The van der Waals surface area contributed by atoms with E-state index in [1.165, 1.54) is 18.2 Å². The molecule has 112 valence electrons. The zero-order valence-corrected chi connectivity index (χ0v) is 11.9. The molecule has 2 rings (SSSR count). The molecule has 0 bridgehead atoms. The van der Waals surface area contributed by atoms with E-state index in [4.69, 9.17) is 11.6 Å². The van der Waals surface area contributed by atoms with Crippen molar-refractivity contribution in [1.82, 2.24) is 15.5 Å². The van der Waals surface area contributed by atoms with Gasteiger partial charge in [-0.2, -0.15) is 0 Å². The zero-order valence-electron chi connectivity index (χ0n) is 11.2. The van der Waals surface area contributed by atoms with E-state index in [0.29, 0.717) is 5.56 Å². The van der Waals surface area contributed by atoms with Gasteiger partial charge < -0.3 is 10.6 Å². The minimum Gasteiger partial charge on any atom is -0.348 e. The molecule has 1 aliphatic heterocycles. The third-order valence-electron chi connectivity index (χ3n) is 3.06. The lowest BCUT2D eigenvalue weighted by Crippen LogP contribution is -2.41. The molecule has 1 unspecified atom stereocenters. The van der Waals surface area contributed by atoms with Gasteiger partial charge in [-0.15, -0.1) is 0 Å². The van der Waals surface area contributed by atoms with Crippen LogP contribution in [0.15, 0.2) is 18.2 Å². The molecule has 0 saturated carbocycles. The number of hydrogen-bond acceptors (Lipinski definition) is 3. The minimum atomic E-state index is -0.590. The quantitative estimate of drug-likeness (QED) is 0.820.